The van der Waals surface area contributed by atoms with Gasteiger partial charge in [-0.25, -0.2) is 14.4 Å². The average molecular weight is 465 g/mol. The Morgan fingerprint density at radius 3 is 2.62 bits per heavy atom. The number of allylic oxidation sites excluding steroid dienone is 5. The fraction of sp³-hybridized carbons (Fsp3) is 0.360. The molecule has 0 aliphatic carbocycles. The van der Waals surface area contributed by atoms with Crippen LogP contribution in [0.1, 0.15) is 25.5 Å². The molecule has 0 radical (unpaired) electrons. The topological polar surface area (TPSA) is 96.1 Å². The van der Waals surface area contributed by atoms with Crippen molar-refractivity contribution >= 4 is 11.5 Å². The molecule has 0 unspecified atom stereocenters. The zero-order valence-corrected chi connectivity index (χ0v) is 19.9. The quantitative estimate of drug-likeness (QED) is 0.496. The molecule has 178 valence electrons. The Morgan fingerprint density at radius 2 is 2.09 bits per heavy atom. The monoisotopic (exact) mass is 464 g/mol. The molecule has 2 aromatic rings. The van der Waals surface area contributed by atoms with Crippen LogP contribution in [0.3, 0.4) is 0 Å². The molecular weight excluding hydrogens is 435 g/mol. The van der Waals surface area contributed by atoms with Crippen LogP contribution in [0, 0.1) is 11.3 Å². The molecule has 3 rings (SSSR count). The summed E-state index contributed by atoms with van der Waals surface area (Å²) in [5.74, 6) is 0.179. The third kappa shape index (κ3) is 5.07. The maximum Gasteiger partial charge on any atom is 0.263 e. The number of pyridine rings is 1. The maximum atomic E-state index is 14.7. The molecule has 0 saturated carbocycles. The number of piperidine rings is 1. The van der Waals surface area contributed by atoms with E-state index in [1.54, 1.807) is 32.2 Å². The van der Waals surface area contributed by atoms with Gasteiger partial charge in [0.1, 0.15) is 11.9 Å². The van der Waals surface area contributed by atoms with Gasteiger partial charge < -0.3 is 15.0 Å². The number of ether oxygens (including phenoxy) is 1. The molecule has 3 heterocycles. The van der Waals surface area contributed by atoms with Gasteiger partial charge >= 0.3 is 0 Å². The fourth-order valence-electron chi connectivity index (χ4n) is 3.97. The van der Waals surface area contributed by atoms with Crippen LogP contribution in [0.25, 0.3) is 16.7 Å². The lowest BCUT2D eigenvalue weighted by atomic mass is 10.0. The van der Waals surface area contributed by atoms with E-state index in [-0.39, 0.29) is 11.1 Å². The summed E-state index contributed by atoms with van der Waals surface area (Å²) in [5.41, 5.74) is 1.10. The number of halogens is 1. The van der Waals surface area contributed by atoms with E-state index in [9.17, 15) is 9.18 Å². The summed E-state index contributed by atoms with van der Waals surface area (Å²) in [7, 11) is 5.14. The molecule has 0 atom stereocenters. The predicted octanol–water partition coefficient (Wildman–Crippen LogP) is 3.38. The number of nitriles is 1. The molecule has 34 heavy (non-hydrogen) atoms. The fourth-order valence-corrected chi connectivity index (χ4v) is 3.97. The molecule has 1 aliphatic rings. The van der Waals surface area contributed by atoms with Gasteiger partial charge in [0.05, 0.1) is 23.9 Å². The second-order valence-electron chi connectivity index (χ2n) is 8.04. The molecule has 0 aromatic carbocycles. The number of anilines is 1. The minimum Gasteiger partial charge on any atom is -0.481 e. The van der Waals surface area contributed by atoms with E-state index in [0.29, 0.717) is 40.3 Å². The van der Waals surface area contributed by atoms with Crippen molar-refractivity contribution in [3.8, 4) is 23.1 Å². The standard InChI is InChI=1S/C25H29FN6O2/c1-6-17(14-27)20(26)13-16(2)23-22(18-7-8-21(34-5)29-15-18)24(33)31(4)25(30-23)32-11-9-19(28-3)10-12-32/h6-8,13,15,19,28H,1,9-12H2,2-5H3/b16-13+,20-17-. The summed E-state index contributed by atoms with van der Waals surface area (Å²) in [5, 5.41) is 12.4. The van der Waals surface area contributed by atoms with Crippen LogP contribution in [-0.4, -0.2) is 47.8 Å². The van der Waals surface area contributed by atoms with Crippen LogP contribution in [0.4, 0.5) is 10.3 Å². The molecule has 8 nitrogen and oxygen atoms in total. The second-order valence-corrected chi connectivity index (χ2v) is 8.04. The van der Waals surface area contributed by atoms with Crippen molar-refractivity contribution in [3.63, 3.8) is 0 Å². The summed E-state index contributed by atoms with van der Waals surface area (Å²) in [6.45, 7) is 6.62. The molecule has 0 amide bonds. The highest BCUT2D eigenvalue weighted by molar-refractivity contribution is 5.79. The number of nitrogens with one attached hydrogen (secondary N) is 1. The molecule has 0 bridgehead atoms. The van der Waals surface area contributed by atoms with Gasteiger partial charge in [0.15, 0.2) is 0 Å². The third-order valence-corrected chi connectivity index (χ3v) is 5.99. The number of aromatic nitrogens is 3. The minimum atomic E-state index is -0.743. The molecule has 2 aromatic heterocycles. The van der Waals surface area contributed by atoms with E-state index in [1.165, 1.54) is 23.9 Å². The van der Waals surface area contributed by atoms with E-state index in [4.69, 9.17) is 15.0 Å². The minimum absolute atomic E-state index is 0.190. The highest BCUT2D eigenvalue weighted by Gasteiger charge is 2.25. The zero-order valence-electron chi connectivity index (χ0n) is 19.9. The van der Waals surface area contributed by atoms with Crippen molar-refractivity contribution in [2.24, 2.45) is 7.05 Å². The lowest BCUT2D eigenvalue weighted by Gasteiger charge is -2.33. The Kier molecular flexibility index (Phi) is 7.97. The number of hydrogen-bond acceptors (Lipinski definition) is 7. The van der Waals surface area contributed by atoms with Gasteiger partial charge in [-0.2, -0.15) is 5.26 Å². The molecule has 0 spiro atoms. The van der Waals surface area contributed by atoms with Gasteiger partial charge in [-0.3, -0.25) is 9.36 Å². The second kappa shape index (κ2) is 10.9. The Morgan fingerprint density at radius 1 is 1.38 bits per heavy atom. The van der Waals surface area contributed by atoms with Crippen LogP contribution in [0.2, 0.25) is 0 Å². The molecule has 9 heteroatoms. The first-order chi connectivity index (χ1) is 16.3. The van der Waals surface area contributed by atoms with Gasteiger partial charge in [0, 0.05) is 44.0 Å². The van der Waals surface area contributed by atoms with Crippen LogP contribution in [0.15, 0.2) is 53.3 Å². The van der Waals surface area contributed by atoms with Crippen molar-refractivity contribution in [2.45, 2.75) is 25.8 Å². The van der Waals surface area contributed by atoms with Crippen LogP contribution in [-0.2, 0) is 7.05 Å². The van der Waals surface area contributed by atoms with Crippen molar-refractivity contribution < 1.29 is 9.13 Å². The van der Waals surface area contributed by atoms with Crippen LogP contribution in [0.5, 0.6) is 5.88 Å². The zero-order chi connectivity index (χ0) is 24.8. The Hall–Kier alpha value is -3.77. The summed E-state index contributed by atoms with van der Waals surface area (Å²) >= 11 is 0. The first-order valence-corrected chi connectivity index (χ1v) is 11.0. The van der Waals surface area contributed by atoms with E-state index < -0.39 is 5.83 Å². The first kappa shape index (κ1) is 24.9. The predicted molar refractivity (Wildman–Crippen MR) is 131 cm³/mol. The highest BCUT2D eigenvalue weighted by Crippen LogP contribution is 2.29. The number of nitrogens with zero attached hydrogens (tertiary/aromatic N) is 5. The van der Waals surface area contributed by atoms with Crippen LogP contribution >= 0.6 is 0 Å². The first-order valence-electron chi connectivity index (χ1n) is 11.0. The summed E-state index contributed by atoms with van der Waals surface area (Å²) in [6, 6.07) is 5.57. The van der Waals surface area contributed by atoms with E-state index in [0.717, 1.165) is 32.0 Å². The van der Waals surface area contributed by atoms with E-state index in [2.05, 4.69) is 21.8 Å². The molecular formula is C25H29FN6O2. The molecule has 1 aliphatic heterocycles. The maximum absolute atomic E-state index is 14.7. The van der Waals surface area contributed by atoms with Crippen molar-refractivity contribution in [3.05, 3.63) is 64.5 Å². The van der Waals surface area contributed by atoms with Gasteiger partial charge in [0.2, 0.25) is 11.8 Å². The van der Waals surface area contributed by atoms with Gasteiger partial charge in [-0.15, -0.1) is 0 Å². The summed E-state index contributed by atoms with van der Waals surface area (Å²) in [4.78, 5) is 24.7. The van der Waals surface area contributed by atoms with Gasteiger partial charge in [0.25, 0.3) is 5.56 Å². The Balaban J connectivity index is 2.21. The normalized spacial score (nSPS) is 15.5. The molecule has 1 saturated heterocycles. The third-order valence-electron chi connectivity index (χ3n) is 5.99. The average Bonchev–Trinajstić information content (AvgIpc) is 2.86. The van der Waals surface area contributed by atoms with Crippen LogP contribution < -0.4 is 20.5 Å². The van der Waals surface area contributed by atoms with E-state index >= 15 is 0 Å². The highest BCUT2D eigenvalue weighted by atomic mass is 19.1. The number of rotatable bonds is 7. The van der Waals surface area contributed by atoms with Crippen molar-refractivity contribution in [2.75, 3.05) is 32.1 Å². The Labute approximate surface area is 198 Å². The lowest BCUT2D eigenvalue weighted by Crippen LogP contribution is -2.43. The van der Waals surface area contributed by atoms with E-state index in [1.807, 2.05) is 7.05 Å². The largest absolute Gasteiger partial charge is 0.481 e. The number of hydrogen-bond donors (Lipinski definition) is 1. The number of methoxy groups -OCH3 is 1. The van der Waals surface area contributed by atoms with Crippen molar-refractivity contribution in [1.29, 1.82) is 5.26 Å². The summed E-state index contributed by atoms with van der Waals surface area (Å²) < 4.78 is 21.4. The van der Waals surface area contributed by atoms with Gasteiger partial charge in [-0.05, 0) is 50.6 Å². The molecule has 1 fully saturated rings. The van der Waals surface area contributed by atoms with Gasteiger partial charge in [-0.1, -0.05) is 6.58 Å². The molecule has 1 N–H and O–H groups in total. The SMILES string of the molecule is C=C/C(C#N)=C(F)\C=C(/C)c1nc(N2CCC(NC)CC2)n(C)c(=O)c1-c1ccc(OC)nc1. The summed E-state index contributed by atoms with van der Waals surface area (Å²) in [6.07, 6.45) is 5.73. The lowest BCUT2D eigenvalue weighted by molar-refractivity contribution is 0.398. The smallest absolute Gasteiger partial charge is 0.263 e. The van der Waals surface area contributed by atoms with Crippen molar-refractivity contribution in [1.82, 2.24) is 19.9 Å². The Bertz CT molecular complexity index is 1220.